The van der Waals surface area contributed by atoms with Crippen molar-refractivity contribution < 1.29 is 24.9 Å². The maximum atomic E-state index is 12.0. The van der Waals surface area contributed by atoms with E-state index < -0.39 is 17.7 Å². The third-order valence-electron chi connectivity index (χ3n) is 4.76. The van der Waals surface area contributed by atoms with E-state index >= 15 is 0 Å². The number of hydrogen-bond donors (Lipinski definition) is 3. The van der Waals surface area contributed by atoms with E-state index in [0.717, 1.165) is 0 Å². The van der Waals surface area contributed by atoms with Gasteiger partial charge in [0.05, 0.1) is 11.1 Å². The smallest absolute Gasteiger partial charge is 0.340 e. The molecule has 0 saturated carbocycles. The molecular formula is C23H14ClNO5. The number of fused-ring (bicyclic) bond motifs is 1. The number of carboxylic acid groups (broad SMARTS) is 2. The summed E-state index contributed by atoms with van der Waals surface area (Å²) in [6, 6.07) is 17.8. The first-order valence-corrected chi connectivity index (χ1v) is 9.22. The number of hydrogen-bond acceptors (Lipinski definition) is 4. The lowest BCUT2D eigenvalue weighted by Gasteiger charge is -2.12. The zero-order valence-electron chi connectivity index (χ0n) is 15.3. The number of rotatable bonds is 4. The Balaban J connectivity index is 1.90. The summed E-state index contributed by atoms with van der Waals surface area (Å²) in [5.74, 6) is -2.75. The highest BCUT2D eigenvalue weighted by molar-refractivity contribution is 6.30. The molecule has 0 atom stereocenters. The molecule has 4 aromatic rings. The van der Waals surface area contributed by atoms with Crippen LogP contribution in [0.3, 0.4) is 0 Å². The molecule has 0 spiro atoms. The molecule has 0 aliphatic carbocycles. The molecule has 3 aromatic carbocycles. The van der Waals surface area contributed by atoms with E-state index in [1.165, 1.54) is 12.1 Å². The van der Waals surface area contributed by atoms with Gasteiger partial charge >= 0.3 is 11.9 Å². The number of carboxylic acids is 2. The van der Waals surface area contributed by atoms with Crippen molar-refractivity contribution in [3.8, 4) is 28.1 Å². The molecule has 0 amide bonds. The van der Waals surface area contributed by atoms with Gasteiger partial charge in [0.2, 0.25) is 0 Å². The van der Waals surface area contributed by atoms with Crippen molar-refractivity contribution in [3.63, 3.8) is 0 Å². The van der Waals surface area contributed by atoms with Crippen molar-refractivity contribution in [2.45, 2.75) is 0 Å². The van der Waals surface area contributed by atoms with E-state index in [-0.39, 0.29) is 22.2 Å². The third-order valence-corrected chi connectivity index (χ3v) is 5.01. The minimum Gasteiger partial charge on any atom is -0.505 e. The van der Waals surface area contributed by atoms with Gasteiger partial charge in [0.15, 0.2) is 5.75 Å². The Hall–Kier alpha value is -3.90. The van der Waals surface area contributed by atoms with Crippen LogP contribution in [0.15, 0.2) is 66.7 Å². The number of halogens is 1. The first-order valence-electron chi connectivity index (χ1n) is 8.85. The zero-order valence-corrected chi connectivity index (χ0v) is 16.1. The van der Waals surface area contributed by atoms with Gasteiger partial charge in [-0.3, -0.25) is 0 Å². The van der Waals surface area contributed by atoms with Crippen molar-refractivity contribution in [1.29, 1.82) is 0 Å². The molecule has 0 radical (unpaired) electrons. The van der Waals surface area contributed by atoms with Crippen molar-refractivity contribution in [3.05, 3.63) is 82.9 Å². The van der Waals surface area contributed by atoms with E-state index in [9.17, 15) is 19.8 Å². The third kappa shape index (κ3) is 3.44. The number of aromatic nitrogens is 1. The number of pyridine rings is 1. The van der Waals surface area contributed by atoms with Gasteiger partial charge in [-0.15, -0.1) is 0 Å². The van der Waals surface area contributed by atoms with Gasteiger partial charge in [-0.2, -0.15) is 0 Å². The number of carbonyl (C=O) groups is 2. The standard InChI is InChI=1S/C23H14ClNO5/c24-16-8-5-13(6-9-16)20-21(26)19(23(29)30)17-11-15(7-10-18(17)25-20)12-1-3-14(4-2-12)22(27)28/h1-11,26H,(H,27,28)(H,29,30). The van der Waals surface area contributed by atoms with Crippen LogP contribution in [0.25, 0.3) is 33.3 Å². The van der Waals surface area contributed by atoms with Crippen LogP contribution in [0.4, 0.5) is 0 Å². The van der Waals surface area contributed by atoms with Crippen LogP contribution in [-0.4, -0.2) is 32.2 Å². The molecule has 0 aliphatic heterocycles. The van der Waals surface area contributed by atoms with Crippen LogP contribution in [0.1, 0.15) is 20.7 Å². The lowest BCUT2D eigenvalue weighted by Crippen LogP contribution is -2.02. The van der Waals surface area contributed by atoms with Crippen molar-refractivity contribution in [2.24, 2.45) is 0 Å². The molecule has 0 fully saturated rings. The average molecular weight is 420 g/mol. The predicted octanol–water partition coefficient (Wildman–Crippen LogP) is 5.32. The highest BCUT2D eigenvalue weighted by Gasteiger charge is 2.21. The fourth-order valence-corrected chi connectivity index (χ4v) is 3.39. The number of nitrogens with zero attached hydrogens (tertiary/aromatic N) is 1. The van der Waals surface area contributed by atoms with E-state index in [4.69, 9.17) is 16.7 Å². The molecule has 0 aliphatic rings. The van der Waals surface area contributed by atoms with Crippen LogP contribution in [0, 0.1) is 0 Å². The molecule has 3 N–H and O–H groups in total. The van der Waals surface area contributed by atoms with Gasteiger partial charge in [0.25, 0.3) is 0 Å². The molecule has 148 valence electrons. The van der Waals surface area contributed by atoms with Crippen LogP contribution in [-0.2, 0) is 0 Å². The quantitative estimate of drug-likeness (QED) is 0.413. The highest BCUT2D eigenvalue weighted by Crippen LogP contribution is 2.37. The summed E-state index contributed by atoms with van der Waals surface area (Å²) in [4.78, 5) is 27.5. The Morgan fingerprint density at radius 3 is 1.97 bits per heavy atom. The van der Waals surface area contributed by atoms with Crippen LogP contribution in [0.2, 0.25) is 5.02 Å². The first-order chi connectivity index (χ1) is 14.3. The maximum Gasteiger partial charge on any atom is 0.340 e. The topological polar surface area (TPSA) is 108 Å². The monoisotopic (exact) mass is 419 g/mol. The molecule has 1 heterocycles. The highest BCUT2D eigenvalue weighted by atomic mass is 35.5. The molecular weight excluding hydrogens is 406 g/mol. The molecule has 30 heavy (non-hydrogen) atoms. The maximum absolute atomic E-state index is 12.0. The van der Waals surface area contributed by atoms with Crippen molar-refractivity contribution in [1.82, 2.24) is 4.98 Å². The largest absolute Gasteiger partial charge is 0.505 e. The summed E-state index contributed by atoms with van der Waals surface area (Å²) < 4.78 is 0. The summed E-state index contributed by atoms with van der Waals surface area (Å²) in [5, 5.41) is 30.3. The van der Waals surface area contributed by atoms with Crippen molar-refractivity contribution >= 4 is 34.4 Å². The second-order valence-electron chi connectivity index (χ2n) is 6.61. The van der Waals surface area contributed by atoms with Gasteiger partial charge in [-0.25, -0.2) is 14.6 Å². The zero-order chi connectivity index (χ0) is 21.4. The summed E-state index contributed by atoms with van der Waals surface area (Å²) >= 11 is 5.91. The lowest BCUT2D eigenvalue weighted by molar-refractivity contribution is 0.0685. The minimum absolute atomic E-state index is 0.148. The Morgan fingerprint density at radius 1 is 0.767 bits per heavy atom. The van der Waals surface area contributed by atoms with E-state index in [2.05, 4.69) is 4.98 Å². The molecule has 1 aromatic heterocycles. The van der Waals surface area contributed by atoms with Crippen LogP contribution >= 0.6 is 11.6 Å². The summed E-state index contributed by atoms with van der Waals surface area (Å²) in [6.07, 6.45) is 0. The van der Waals surface area contributed by atoms with Gasteiger partial charge in [0.1, 0.15) is 11.3 Å². The summed E-state index contributed by atoms with van der Waals surface area (Å²) in [6.45, 7) is 0. The van der Waals surface area contributed by atoms with E-state index in [1.54, 1.807) is 54.6 Å². The van der Waals surface area contributed by atoms with Crippen LogP contribution < -0.4 is 0 Å². The summed E-state index contributed by atoms with van der Waals surface area (Å²) in [7, 11) is 0. The van der Waals surface area contributed by atoms with E-state index in [1.807, 2.05) is 0 Å². The van der Waals surface area contributed by atoms with E-state index in [0.29, 0.717) is 27.2 Å². The Bertz CT molecular complexity index is 1300. The first kappa shape index (κ1) is 19.4. The van der Waals surface area contributed by atoms with Gasteiger partial charge < -0.3 is 15.3 Å². The minimum atomic E-state index is -1.28. The average Bonchev–Trinajstić information content (AvgIpc) is 2.73. The molecule has 4 rings (SSSR count). The number of benzene rings is 3. The van der Waals surface area contributed by atoms with Crippen LogP contribution in [0.5, 0.6) is 5.75 Å². The molecule has 0 bridgehead atoms. The van der Waals surface area contributed by atoms with Crippen molar-refractivity contribution in [2.75, 3.05) is 0 Å². The fraction of sp³-hybridized carbons (Fsp3) is 0. The SMILES string of the molecule is O=C(O)c1ccc(-c2ccc3nc(-c4ccc(Cl)cc4)c(O)c(C(=O)O)c3c2)cc1. The van der Waals surface area contributed by atoms with Gasteiger partial charge in [-0.05, 0) is 47.5 Å². The number of aromatic carboxylic acids is 2. The van der Waals surface area contributed by atoms with Gasteiger partial charge in [0, 0.05) is 16.0 Å². The second-order valence-corrected chi connectivity index (χ2v) is 7.05. The fourth-order valence-electron chi connectivity index (χ4n) is 3.26. The molecule has 7 heteroatoms. The lowest BCUT2D eigenvalue weighted by atomic mass is 9.97. The number of aromatic hydroxyl groups is 1. The normalized spacial score (nSPS) is 10.8. The Kier molecular flexibility index (Phi) is 4.85. The summed E-state index contributed by atoms with van der Waals surface area (Å²) in [5.41, 5.74) is 2.36. The Morgan fingerprint density at radius 2 is 1.37 bits per heavy atom. The predicted molar refractivity (Wildman–Crippen MR) is 113 cm³/mol. The molecule has 6 nitrogen and oxygen atoms in total. The van der Waals surface area contributed by atoms with Gasteiger partial charge in [-0.1, -0.05) is 41.9 Å². The molecule has 0 saturated heterocycles. The second kappa shape index (κ2) is 7.50. The Labute approximate surface area is 175 Å². The molecule has 0 unspecified atom stereocenters.